The quantitative estimate of drug-likeness (QED) is 0.122. The zero-order chi connectivity index (χ0) is 50.5. The van der Waals surface area contributed by atoms with Crippen molar-refractivity contribution in [1.29, 1.82) is 0 Å². The monoisotopic (exact) mass is 1030 g/mol. The van der Waals surface area contributed by atoms with Crippen molar-refractivity contribution in [2.75, 3.05) is 58.1 Å². The van der Waals surface area contributed by atoms with E-state index in [4.69, 9.17) is 56.1 Å². The van der Waals surface area contributed by atoms with Gasteiger partial charge in [-0.25, -0.2) is 16.8 Å². The molecule has 2 amide bonds. The molecule has 4 heterocycles. The fourth-order valence-corrected chi connectivity index (χ4v) is 12.3. The molecular formula is C50H58Cl2N2O13S2. The van der Waals surface area contributed by atoms with Crippen LogP contribution in [0.5, 0.6) is 23.0 Å². The van der Waals surface area contributed by atoms with Crippen LogP contribution in [-0.4, -0.2) is 114 Å². The summed E-state index contributed by atoms with van der Waals surface area (Å²) >= 11 is 12.6. The molecule has 0 saturated carbocycles. The number of aliphatic hydroxyl groups excluding tert-OH is 1. The summed E-state index contributed by atoms with van der Waals surface area (Å²) in [5.41, 5.74) is 5.77. The van der Waals surface area contributed by atoms with Crippen LogP contribution in [0, 0.1) is 27.7 Å². The highest BCUT2D eigenvalue weighted by molar-refractivity contribution is 7.91. The van der Waals surface area contributed by atoms with Gasteiger partial charge in [-0.1, -0.05) is 35.3 Å². The number of hydrogen-bond donors (Lipinski definition) is 1. The van der Waals surface area contributed by atoms with E-state index in [0.717, 1.165) is 33.0 Å². The minimum Gasteiger partial charge on any atom is -0.493 e. The average molecular weight is 1030 g/mol. The Morgan fingerprint density at radius 2 is 0.957 bits per heavy atom. The maximum Gasteiger partial charge on any atom is 0.290 e. The molecule has 2 fully saturated rings. The van der Waals surface area contributed by atoms with Gasteiger partial charge in [-0.15, -0.1) is 0 Å². The number of nitrogens with zero attached hydrogens (tertiary/aromatic N) is 2. The Balaban J connectivity index is 0.000000215. The summed E-state index contributed by atoms with van der Waals surface area (Å²) in [5, 5.41) is 10.3. The largest absolute Gasteiger partial charge is 0.493 e. The van der Waals surface area contributed by atoms with E-state index in [-0.39, 0.29) is 66.0 Å². The molecule has 6 aromatic rings. The lowest BCUT2D eigenvalue weighted by molar-refractivity contribution is 0.0642. The van der Waals surface area contributed by atoms with E-state index in [1.54, 1.807) is 93.7 Å². The zero-order valence-electron chi connectivity index (χ0n) is 40.1. The van der Waals surface area contributed by atoms with Crippen LogP contribution in [0.1, 0.15) is 74.3 Å². The Hall–Kier alpha value is -5.46. The van der Waals surface area contributed by atoms with Crippen LogP contribution in [-0.2, 0) is 32.8 Å². The van der Waals surface area contributed by atoms with Gasteiger partial charge in [0.25, 0.3) is 11.8 Å². The smallest absolute Gasteiger partial charge is 0.290 e. The van der Waals surface area contributed by atoms with Gasteiger partial charge in [0.2, 0.25) is 0 Å². The third-order valence-electron chi connectivity index (χ3n) is 12.2. The van der Waals surface area contributed by atoms with Crippen molar-refractivity contribution in [2.24, 2.45) is 0 Å². The van der Waals surface area contributed by atoms with Crippen LogP contribution >= 0.6 is 23.2 Å². The summed E-state index contributed by atoms with van der Waals surface area (Å²) in [7, 11) is -0.227. The summed E-state index contributed by atoms with van der Waals surface area (Å²) in [5.74, 6) is 1.86. The number of amides is 2. The lowest BCUT2D eigenvalue weighted by Crippen LogP contribution is -2.40. The van der Waals surface area contributed by atoms with E-state index < -0.39 is 31.8 Å². The number of carbonyl (C=O) groups excluding carboxylic acids is 2. The Labute approximate surface area is 413 Å². The van der Waals surface area contributed by atoms with Crippen molar-refractivity contribution in [1.82, 2.24) is 9.80 Å². The van der Waals surface area contributed by atoms with Crippen molar-refractivity contribution in [3.63, 3.8) is 0 Å². The van der Waals surface area contributed by atoms with Gasteiger partial charge >= 0.3 is 0 Å². The maximum absolute atomic E-state index is 13.7. The molecule has 2 aliphatic rings. The van der Waals surface area contributed by atoms with Gasteiger partial charge in [0, 0.05) is 63.7 Å². The second-order valence-electron chi connectivity index (χ2n) is 17.0. The normalized spacial score (nSPS) is 16.8. The number of aliphatic hydroxyl groups is 1. The standard InChI is InChI=1S/2C24H26ClNO6S.C2H6O/c2*1-14-9-21-18(11-19(14)25)15(2)23(32-21)24(27)26(17-7-8-33(28,29)13-17)12-16-5-6-20(30-3)22(10-16)31-4;1-2-3/h2*5-6,9-11,17H,7-8,12-13H2,1-4H3;3H,2H2,1H3. The molecule has 0 bridgehead atoms. The van der Waals surface area contributed by atoms with Crippen LogP contribution in [0.2, 0.25) is 10.0 Å². The highest BCUT2D eigenvalue weighted by atomic mass is 35.5. The Morgan fingerprint density at radius 3 is 1.26 bits per heavy atom. The van der Waals surface area contributed by atoms with Gasteiger partial charge in [0.15, 0.2) is 54.2 Å². The number of ether oxygens (including phenoxy) is 4. The number of hydrogen-bond acceptors (Lipinski definition) is 13. The topological polar surface area (TPSA) is 192 Å². The molecule has 2 saturated heterocycles. The van der Waals surface area contributed by atoms with Gasteiger partial charge in [-0.05, 0) is 118 Å². The summed E-state index contributed by atoms with van der Waals surface area (Å²) in [6, 6.07) is 17.1. The van der Waals surface area contributed by atoms with Crippen LogP contribution in [0.3, 0.4) is 0 Å². The second-order valence-corrected chi connectivity index (χ2v) is 22.3. The lowest BCUT2D eigenvalue weighted by Gasteiger charge is -2.28. The van der Waals surface area contributed by atoms with Gasteiger partial charge in [0.1, 0.15) is 11.2 Å². The Morgan fingerprint density at radius 1 is 0.609 bits per heavy atom. The maximum atomic E-state index is 13.7. The molecule has 4 aromatic carbocycles. The minimum absolute atomic E-state index is 0.0568. The van der Waals surface area contributed by atoms with Gasteiger partial charge in [-0.3, -0.25) is 9.59 Å². The molecule has 8 rings (SSSR count). The molecule has 0 radical (unpaired) electrons. The van der Waals surface area contributed by atoms with Gasteiger partial charge in [-0.2, -0.15) is 0 Å². The SMILES string of the molecule is CCO.COc1ccc(CN(C(=O)c2oc3cc(C)c(Cl)cc3c2C)C2CCS(=O)(=O)C2)cc1OC.COc1ccc(CN(C(=O)c2oc3cc(C)c(Cl)cc3c2C)C2CCS(=O)(=O)C2)cc1OC. The Bertz CT molecular complexity index is 2890. The zero-order valence-corrected chi connectivity index (χ0v) is 43.3. The molecule has 2 aliphatic heterocycles. The van der Waals surface area contributed by atoms with Crippen LogP contribution < -0.4 is 18.9 Å². The number of furan rings is 2. The van der Waals surface area contributed by atoms with E-state index in [9.17, 15) is 26.4 Å². The fraction of sp³-hybridized carbons (Fsp3) is 0.400. The molecule has 372 valence electrons. The van der Waals surface area contributed by atoms with Crippen molar-refractivity contribution >= 4 is 76.6 Å². The number of aryl methyl sites for hydroxylation is 4. The van der Waals surface area contributed by atoms with Crippen molar-refractivity contribution in [3.8, 4) is 23.0 Å². The van der Waals surface area contributed by atoms with Gasteiger partial charge < -0.3 is 42.7 Å². The average Bonchev–Trinajstić information content (AvgIpc) is 4.06. The summed E-state index contributed by atoms with van der Waals surface area (Å²) in [6.45, 7) is 9.70. The van der Waals surface area contributed by atoms with Crippen molar-refractivity contribution in [3.05, 3.63) is 116 Å². The first-order chi connectivity index (χ1) is 32.7. The van der Waals surface area contributed by atoms with E-state index in [2.05, 4.69) is 0 Å². The molecule has 1 N–H and O–H groups in total. The van der Waals surface area contributed by atoms with E-state index in [0.29, 0.717) is 68.2 Å². The van der Waals surface area contributed by atoms with Crippen molar-refractivity contribution < 1.29 is 59.3 Å². The number of sulfone groups is 2. The first-order valence-corrected chi connectivity index (χ1v) is 26.5. The summed E-state index contributed by atoms with van der Waals surface area (Å²) in [6.07, 6.45) is 0.761. The molecule has 19 heteroatoms. The Kier molecular flexibility index (Phi) is 16.9. The molecule has 0 spiro atoms. The van der Waals surface area contributed by atoms with Crippen LogP contribution in [0.25, 0.3) is 21.9 Å². The third kappa shape index (κ3) is 11.9. The summed E-state index contributed by atoms with van der Waals surface area (Å²) < 4.78 is 82.1. The van der Waals surface area contributed by atoms with Crippen molar-refractivity contribution in [2.45, 2.75) is 72.6 Å². The number of rotatable bonds is 12. The number of benzene rings is 4. The molecule has 2 aromatic heterocycles. The molecule has 69 heavy (non-hydrogen) atoms. The highest BCUT2D eigenvalue weighted by Gasteiger charge is 2.38. The van der Waals surface area contributed by atoms with Crippen LogP contribution in [0.4, 0.5) is 0 Å². The summed E-state index contributed by atoms with van der Waals surface area (Å²) in [4.78, 5) is 30.6. The molecule has 0 aliphatic carbocycles. The second kappa shape index (κ2) is 22.1. The van der Waals surface area contributed by atoms with E-state index >= 15 is 0 Å². The number of carbonyl (C=O) groups is 2. The number of methoxy groups -OCH3 is 4. The minimum atomic E-state index is -3.20. The highest BCUT2D eigenvalue weighted by Crippen LogP contribution is 2.36. The fourth-order valence-electron chi connectivity index (χ4n) is 8.48. The number of fused-ring (bicyclic) bond motifs is 2. The van der Waals surface area contributed by atoms with E-state index in [1.807, 2.05) is 39.8 Å². The van der Waals surface area contributed by atoms with Crippen LogP contribution in [0.15, 0.2) is 69.5 Å². The van der Waals surface area contributed by atoms with E-state index in [1.165, 1.54) is 0 Å². The molecule has 15 nitrogen and oxygen atoms in total. The first-order valence-electron chi connectivity index (χ1n) is 22.1. The molecule has 2 unspecified atom stereocenters. The molecule has 2 atom stereocenters. The third-order valence-corrected chi connectivity index (χ3v) is 16.6. The molecular weight excluding hydrogens is 972 g/mol. The first kappa shape index (κ1) is 52.9. The van der Waals surface area contributed by atoms with Gasteiger partial charge in [0.05, 0.1) is 51.5 Å². The predicted molar refractivity (Wildman–Crippen MR) is 267 cm³/mol. The predicted octanol–water partition coefficient (Wildman–Crippen LogP) is 9.10. The number of halogens is 2. The lowest BCUT2D eigenvalue weighted by atomic mass is 10.1.